The summed E-state index contributed by atoms with van der Waals surface area (Å²) in [5.41, 5.74) is 5.77. The fourth-order valence-corrected chi connectivity index (χ4v) is 7.55. The van der Waals surface area contributed by atoms with Crippen LogP contribution in [0.1, 0.15) is 164 Å². The number of rotatable bonds is 13. The average molecular weight is 705 g/mol. The second-order valence-electron chi connectivity index (χ2n) is 15.4. The maximum atomic E-state index is 4.17. The predicted octanol–water partition coefficient (Wildman–Crippen LogP) is 11.9. The van der Waals surface area contributed by atoms with Crippen LogP contribution in [0.25, 0.3) is 0 Å². The molecule has 4 aromatic heterocycles. The van der Waals surface area contributed by atoms with Crippen molar-refractivity contribution in [2.45, 2.75) is 180 Å². The van der Waals surface area contributed by atoms with Gasteiger partial charge in [0.25, 0.3) is 0 Å². The van der Waals surface area contributed by atoms with Crippen LogP contribution < -0.4 is 9.13 Å². The van der Waals surface area contributed by atoms with Gasteiger partial charge in [-0.15, -0.1) is 0 Å². The molecule has 4 nitrogen and oxygen atoms in total. The number of pyridine rings is 4. The number of aromatic nitrogens is 4. The molecular weight excluding hydrogens is 633 g/mol. The Bertz CT molecular complexity index is 1300. The molecule has 1 aliphatic heterocycles. The third-order valence-electron chi connectivity index (χ3n) is 10.7. The van der Waals surface area contributed by atoms with Gasteiger partial charge in [-0.05, 0) is 86.8 Å². The van der Waals surface area contributed by atoms with Gasteiger partial charge in [-0.2, -0.15) is 0 Å². The van der Waals surface area contributed by atoms with Crippen molar-refractivity contribution < 1.29 is 9.13 Å². The monoisotopic (exact) mass is 705 g/mol. The molecule has 5 rings (SSSR count). The maximum Gasteiger partial charge on any atom is 0.171 e. The van der Waals surface area contributed by atoms with Crippen LogP contribution in [-0.4, -0.2) is 9.97 Å². The van der Waals surface area contributed by atoms with Gasteiger partial charge in [0.1, 0.15) is 13.1 Å². The second-order valence-corrected chi connectivity index (χ2v) is 15.4. The van der Waals surface area contributed by atoms with Crippen LogP contribution in [0.15, 0.2) is 98.1 Å². The number of unbranched alkanes of at least 4 members (excludes halogenated alkanes) is 9. The minimum Gasteiger partial charge on any atom is -0.264 e. The fraction of sp³-hybridized carbons (Fsp3) is 0.583. The molecule has 52 heavy (non-hydrogen) atoms. The smallest absolute Gasteiger partial charge is 0.171 e. The molecule has 0 saturated carbocycles. The van der Waals surface area contributed by atoms with E-state index in [0.29, 0.717) is 0 Å². The number of nitrogens with zero attached hydrogens (tertiary/aromatic N) is 4. The van der Waals surface area contributed by atoms with E-state index in [2.05, 4.69) is 80.3 Å². The standard InChI is InChI=1S/C26H40N2.C22H32N2/c1-2-4-6-8-10-16-26-18-14-22-28(24-26)20-12-11-19-27-21-13-17-25(23-27)15-9-7-5-3-1;1(3-5-7-9-13-21-15-11-17-23-19-21)2-4-6-8-10-14-22-16-12-18-24-20-22/h13-14,17-18,21-24H,1-12,15-16,19-20H2;11-12,15-20H,1-10,13-14H2/q+2;. The Morgan fingerprint density at radius 1 is 0.404 bits per heavy atom. The SMILES string of the molecule is c1cc2c[n+](c1)CCCC[n+]1cccc(c1)CCCCCCCCCCCC2.c1cncc(CCCCCCCCCCCCc2cccnc2)c1. The van der Waals surface area contributed by atoms with E-state index < -0.39 is 0 Å². The van der Waals surface area contributed by atoms with Gasteiger partial charge in [-0.3, -0.25) is 9.97 Å². The van der Waals surface area contributed by atoms with Gasteiger partial charge in [-0.25, -0.2) is 9.13 Å². The van der Waals surface area contributed by atoms with Crippen molar-refractivity contribution in [1.82, 2.24) is 9.97 Å². The van der Waals surface area contributed by atoms with Gasteiger partial charge in [0, 0.05) is 60.9 Å². The number of fused-ring (bicyclic) bond motifs is 4. The Labute approximate surface area is 318 Å². The van der Waals surface area contributed by atoms with Gasteiger partial charge < -0.3 is 0 Å². The first-order chi connectivity index (χ1) is 25.8. The van der Waals surface area contributed by atoms with Crippen molar-refractivity contribution in [1.29, 1.82) is 0 Å². The first kappa shape index (κ1) is 41.4. The first-order valence-electron chi connectivity index (χ1n) is 21.6. The van der Waals surface area contributed by atoms with E-state index in [4.69, 9.17) is 0 Å². The molecule has 0 fully saturated rings. The summed E-state index contributed by atoms with van der Waals surface area (Å²) in [6, 6.07) is 17.5. The van der Waals surface area contributed by atoms with Crippen LogP contribution >= 0.6 is 0 Å². The summed E-state index contributed by atoms with van der Waals surface area (Å²) in [6.07, 6.45) is 52.0. The summed E-state index contributed by atoms with van der Waals surface area (Å²) < 4.78 is 4.78. The highest BCUT2D eigenvalue weighted by atomic mass is 14.9. The quantitative estimate of drug-likeness (QED) is 0.103. The highest BCUT2D eigenvalue weighted by Gasteiger charge is 2.07. The Kier molecular flexibility index (Phi) is 22.4. The maximum absolute atomic E-state index is 4.17. The molecule has 0 radical (unpaired) electrons. The molecule has 4 heteroatoms. The van der Waals surface area contributed by atoms with Gasteiger partial charge in [0.05, 0.1) is 0 Å². The lowest BCUT2D eigenvalue weighted by Crippen LogP contribution is -2.36. The molecule has 0 N–H and O–H groups in total. The van der Waals surface area contributed by atoms with E-state index in [9.17, 15) is 0 Å². The summed E-state index contributed by atoms with van der Waals surface area (Å²) in [5.74, 6) is 0. The van der Waals surface area contributed by atoms with Gasteiger partial charge in [-0.1, -0.05) is 115 Å². The second kappa shape index (κ2) is 28.1. The van der Waals surface area contributed by atoms with Crippen LogP contribution in [0.4, 0.5) is 0 Å². The highest BCUT2D eigenvalue weighted by Crippen LogP contribution is 2.15. The fourth-order valence-electron chi connectivity index (χ4n) is 7.55. The topological polar surface area (TPSA) is 33.5 Å². The number of hydrogen-bond donors (Lipinski definition) is 0. The van der Waals surface area contributed by atoms with E-state index in [1.807, 2.05) is 36.9 Å². The molecule has 0 atom stereocenters. The zero-order valence-electron chi connectivity index (χ0n) is 32.8. The zero-order chi connectivity index (χ0) is 36.0. The summed E-state index contributed by atoms with van der Waals surface area (Å²) in [6.45, 7) is 2.27. The summed E-state index contributed by atoms with van der Waals surface area (Å²) in [5, 5.41) is 0. The van der Waals surface area contributed by atoms with Crippen LogP contribution in [0, 0.1) is 0 Å². The average Bonchev–Trinajstić information content (AvgIpc) is 3.18. The van der Waals surface area contributed by atoms with Crippen molar-refractivity contribution in [2.24, 2.45) is 0 Å². The third-order valence-corrected chi connectivity index (χ3v) is 10.7. The Morgan fingerprint density at radius 3 is 1.17 bits per heavy atom. The van der Waals surface area contributed by atoms with E-state index in [1.54, 1.807) is 0 Å². The van der Waals surface area contributed by atoms with Gasteiger partial charge >= 0.3 is 0 Å². The lowest BCUT2D eigenvalue weighted by Gasteiger charge is -2.05. The Morgan fingerprint density at radius 2 is 0.788 bits per heavy atom. The molecular formula is C48H72N4+2. The zero-order valence-corrected chi connectivity index (χ0v) is 32.8. The molecule has 4 aromatic rings. The van der Waals surface area contributed by atoms with E-state index in [-0.39, 0.29) is 0 Å². The summed E-state index contributed by atoms with van der Waals surface area (Å²) >= 11 is 0. The molecule has 0 aliphatic carbocycles. The van der Waals surface area contributed by atoms with Crippen molar-refractivity contribution in [3.8, 4) is 0 Å². The molecule has 0 unspecified atom stereocenters. The van der Waals surface area contributed by atoms with Crippen LogP contribution in [0.3, 0.4) is 0 Å². The molecule has 0 saturated heterocycles. The third kappa shape index (κ3) is 20.0. The van der Waals surface area contributed by atoms with E-state index in [1.165, 1.54) is 189 Å². The largest absolute Gasteiger partial charge is 0.264 e. The van der Waals surface area contributed by atoms with Gasteiger partial charge in [0.2, 0.25) is 0 Å². The summed E-state index contributed by atoms with van der Waals surface area (Å²) in [4.78, 5) is 8.34. The van der Waals surface area contributed by atoms with Crippen LogP contribution in [0.5, 0.6) is 0 Å². The molecule has 0 aromatic carbocycles. The van der Waals surface area contributed by atoms with Crippen molar-refractivity contribution in [3.63, 3.8) is 0 Å². The highest BCUT2D eigenvalue weighted by molar-refractivity contribution is 5.09. The molecule has 282 valence electrons. The molecule has 5 heterocycles. The first-order valence-corrected chi connectivity index (χ1v) is 21.6. The van der Waals surface area contributed by atoms with Crippen LogP contribution in [0.2, 0.25) is 0 Å². The van der Waals surface area contributed by atoms with Gasteiger partial charge in [0.15, 0.2) is 24.8 Å². The van der Waals surface area contributed by atoms with E-state index in [0.717, 1.165) is 13.1 Å². The molecule has 0 spiro atoms. The Hall–Kier alpha value is -3.40. The molecule has 1 aliphatic rings. The lowest BCUT2D eigenvalue weighted by atomic mass is 10.0. The molecule has 4 bridgehead atoms. The Balaban J connectivity index is 0.000000236. The normalized spacial score (nSPS) is 15.0. The summed E-state index contributed by atoms with van der Waals surface area (Å²) in [7, 11) is 0. The number of hydrogen-bond acceptors (Lipinski definition) is 2. The predicted molar refractivity (Wildman–Crippen MR) is 218 cm³/mol. The molecule has 0 amide bonds. The van der Waals surface area contributed by atoms with Crippen molar-refractivity contribution in [2.75, 3.05) is 0 Å². The van der Waals surface area contributed by atoms with Crippen LogP contribution in [-0.2, 0) is 38.8 Å². The minimum atomic E-state index is 1.13. The number of aryl methyl sites for hydroxylation is 6. The lowest BCUT2D eigenvalue weighted by molar-refractivity contribution is -0.708. The minimum absolute atomic E-state index is 1.13. The van der Waals surface area contributed by atoms with Crippen molar-refractivity contribution >= 4 is 0 Å². The van der Waals surface area contributed by atoms with Crippen molar-refractivity contribution in [3.05, 3.63) is 120 Å². The van der Waals surface area contributed by atoms with E-state index >= 15 is 0 Å².